The van der Waals surface area contributed by atoms with Crippen LogP contribution in [0, 0.1) is 11.6 Å². The van der Waals surface area contributed by atoms with Crippen LogP contribution in [-0.2, 0) is 16.4 Å². The van der Waals surface area contributed by atoms with Gasteiger partial charge < -0.3 is 5.32 Å². The first-order valence-electron chi connectivity index (χ1n) is 9.27. The quantitative estimate of drug-likeness (QED) is 0.672. The lowest BCUT2D eigenvalue weighted by Gasteiger charge is -2.24. The van der Waals surface area contributed by atoms with E-state index in [1.54, 1.807) is 37.3 Å². The second kappa shape index (κ2) is 7.53. The number of fused-ring (bicyclic) bond motifs is 1. The van der Waals surface area contributed by atoms with E-state index >= 15 is 0 Å². The van der Waals surface area contributed by atoms with Crippen LogP contribution in [-0.4, -0.2) is 20.4 Å². The van der Waals surface area contributed by atoms with Crippen molar-refractivity contribution >= 4 is 27.3 Å². The highest BCUT2D eigenvalue weighted by Gasteiger charge is 2.36. The van der Waals surface area contributed by atoms with E-state index < -0.39 is 33.3 Å². The summed E-state index contributed by atoms with van der Waals surface area (Å²) in [5.41, 5.74) is 0.816. The molecule has 0 unspecified atom stereocenters. The number of hydrogen-bond acceptors (Lipinski definition) is 3. The number of para-hydroxylation sites is 1. The molecule has 0 bridgehead atoms. The minimum absolute atomic E-state index is 0.182. The fraction of sp³-hybridized carbons (Fsp3) is 0.136. The highest BCUT2D eigenvalue weighted by molar-refractivity contribution is 7.92. The van der Waals surface area contributed by atoms with Crippen LogP contribution in [0.4, 0.5) is 20.2 Å². The van der Waals surface area contributed by atoms with Crippen LogP contribution in [0.1, 0.15) is 22.8 Å². The summed E-state index contributed by atoms with van der Waals surface area (Å²) >= 11 is 0. The van der Waals surface area contributed by atoms with E-state index in [4.69, 9.17) is 0 Å². The average molecular weight is 428 g/mol. The van der Waals surface area contributed by atoms with Crippen molar-refractivity contribution in [3.63, 3.8) is 0 Å². The van der Waals surface area contributed by atoms with Gasteiger partial charge in [-0.15, -0.1) is 0 Å². The van der Waals surface area contributed by atoms with Gasteiger partial charge >= 0.3 is 0 Å². The summed E-state index contributed by atoms with van der Waals surface area (Å²) in [5.74, 6) is -2.43. The second-order valence-electron chi connectivity index (χ2n) is 7.06. The summed E-state index contributed by atoms with van der Waals surface area (Å²) in [6.45, 7) is 1.79. The topological polar surface area (TPSA) is 66.5 Å². The molecule has 0 saturated carbocycles. The van der Waals surface area contributed by atoms with Gasteiger partial charge in [0.25, 0.3) is 15.9 Å². The van der Waals surface area contributed by atoms with E-state index in [1.165, 1.54) is 28.6 Å². The zero-order valence-electron chi connectivity index (χ0n) is 16.0. The zero-order valence-corrected chi connectivity index (χ0v) is 16.8. The Morgan fingerprint density at radius 2 is 1.67 bits per heavy atom. The first kappa shape index (κ1) is 20.0. The number of carbonyl (C=O) groups excluding carboxylic acids is 1. The van der Waals surface area contributed by atoms with Crippen molar-refractivity contribution in [3.05, 3.63) is 89.5 Å². The van der Waals surface area contributed by atoms with Crippen molar-refractivity contribution in [2.45, 2.75) is 24.3 Å². The molecule has 4 rings (SSSR count). The molecule has 0 aromatic heterocycles. The Labute approximate surface area is 173 Å². The molecule has 1 aliphatic heterocycles. The summed E-state index contributed by atoms with van der Waals surface area (Å²) in [6, 6.07) is 15.6. The lowest BCUT2D eigenvalue weighted by Crippen LogP contribution is -2.35. The predicted molar refractivity (Wildman–Crippen MR) is 110 cm³/mol. The van der Waals surface area contributed by atoms with Crippen molar-refractivity contribution in [3.8, 4) is 0 Å². The smallest absolute Gasteiger partial charge is 0.264 e. The van der Waals surface area contributed by atoms with Gasteiger partial charge in [0, 0.05) is 11.6 Å². The molecule has 3 aromatic rings. The summed E-state index contributed by atoms with van der Waals surface area (Å²) < 4.78 is 55.2. The second-order valence-corrected chi connectivity index (χ2v) is 8.88. The number of nitrogens with zero attached hydrogens (tertiary/aromatic N) is 1. The Kier molecular flexibility index (Phi) is 5.03. The van der Waals surface area contributed by atoms with E-state index in [1.807, 2.05) is 0 Å². The Balaban J connectivity index is 1.65. The summed E-state index contributed by atoms with van der Waals surface area (Å²) in [7, 11) is -3.76. The maximum Gasteiger partial charge on any atom is 0.264 e. The molecule has 0 fully saturated rings. The van der Waals surface area contributed by atoms with Crippen molar-refractivity contribution in [1.82, 2.24) is 0 Å². The number of nitrogens with one attached hydrogen (secondary N) is 1. The van der Waals surface area contributed by atoms with Gasteiger partial charge in [-0.1, -0.05) is 24.3 Å². The number of carbonyl (C=O) groups is 1. The minimum atomic E-state index is -3.76. The highest BCUT2D eigenvalue weighted by Crippen LogP contribution is 2.37. The van der Waals surface area contributed by atoms with Crippen LogP contribution in [0.25, 0.3) is 0 Å². The van der Waals surface area contributed by atoms with Gasteiger partial charge in [-0.05, 0) is 61.4 Å². The van der Waals surface area contributed by atoms with E-state index in [-0.39, 0.29) is 16.5 Å². The molecule has 1 aliphatic rings. The summed E-state index contributed by atoms with van der Waals surface area (Å²) in [6.07, 6.45) is 0.413. The summed E-state index contributed by atoms with van der Waals surface area (Å²) in [5, 5.41) is 2.24. The van der Waals surface area contributed by atoms with Gasteiger partial charge in [0.1, 0.15) is 17.3 Å². The molecule has 1 N–H and O–H groups in total. The lowest BCUT2D eigenvalue weighted by molar-refractivity contribution is 0.102. The maximum atomic E-state index is 13.8. The molecule has 8 heteroatoms. The van der Waals surface area contributed by atoms with Gasteiger partial charge in [0.2, 0.25) is 0 Å². The standard InChI is InChI=1S/C22H18F2N2O3S/c1-14-12-16-13-15(22(27)25-21-18(23)8-5-9-19(21)24)10-11-20(16)26(14)30(28,29)17-6-3-2-4-7-17/h2-11,13-14H,12H2,1H3,(H,25,27)/t14-/m1/s1. The number of amides is 1. The molecule has 30 heavy (non-hydrogen) atoms. The fourth-order valence-electron chi connectivity index (χ4n) is 3.62. The Hall–Kier alpha value is -3.26. The van der Waals surface area contributed by atoms with E-state index in [9.17, 15) is 22.0 Å². The predicted octanol–water partition coefficient (Wildman–Crippen LogP) is 4.36. The largest absolute Gasteiger partial charge is 0.317 e. The van der Waals surface area contributed by atoms with Gasteiger partial charge in [0.05, 0.1) is 10.6 Å². The fourth-order valence-corrected chi connectivity index (χ4v) is 5.33. The molecular formula is C22H18F2N2O3S. The van der Waals surface area contributed by atoms with E-state index in [0.717, 1.165) is 12.1 Å². The molecule has 154 valence electrons. The number of anilines is 2. The highest BCUT2D eigenvalue weighted by atomic mass is 32.2. The summed E-state index contributed by atoms with van der Waals surface area (Å²) in [4.78, 5) is 12.7. The Morgan fingerprint density at radius 3 is 2.33 bits per heavy atom. The van der Waals surface area contributed by atoms with Gasteiger partial charge in [-0.25, -0.2) is 17.2 Å². The number of benzene rings is 3. The maximum absolute atomic E-state index is 13.8. The van der Waals surface area contributed by atoms with Gasteiger partial charge in [0.15, 0.2) is 0 Å². The third-order valence-electron chi connectivity index (χ3n) is 5.00. The molecule has 1 atom stereocenters. The van der Waals surface area contributed by atoms with Crippen LogP contribution in [0.2, 0.25) is 0 Å². The van der Waals surface area contributed by atoms with E-state index in [2.05, 4.69) is 5.32 Å². The monoisotopic (exact) mass is 428 g/mol. The lowest BCUT2D eigenvalue weighted by atomic mass is 10.1. The number of halogens is 2. The third-order valence-corrected chi connectivity index (χ3v) is 6.94. The average Bonchev–Trinajstić information content (AvgIpc) is 3.07. The van der Waals surface area contributed by atoms with Gasteiger partial charge in [-0.3, -0.25) is 9.10 Å². The minimum Gasteiger partial charge on any atom is -0.317 e. The number of sulfonamides is 1. The number of rotatable bonds is 4. The third kappa shape index (κ3) is 3.43. The van der Waals surface area contributed by atoms with Crippen LogP contribution in [0.3, 0.4) is 0 Å². The molecule has 0 aliphatic carbocycles. The van der Waals surface area contributed by atoms with Crippen LogP contribution >= 0.6 is 0 Å². The van der Waals surface area contributed by atoms with E-state index in [0.29, 0.717) is 17.7 Å². The van der Waals surface area contributed by atoms with Crippen molar-refractivity contribution in [1.29, 1.82) is 0 Å². The number of hydrogen-bond donors (Lipinski definition) is 1. The molecular weight excluding hydrogens is 410 g/mol. The van der Waals surface area contributed by atoms with Crippen molar-refractivity contribution in [2.24, 2.45) is 0 Å². The first-order valence-corrected chi connectivity index (χ1v) is 10.7. The first-order chi connectivity index (χ1) is 14.3. The van der Waals surface area contributed by atoms with Gasteiger partial charge in [-0.2, -0.15) is 0 Å². The van der Waals surface area contributed by atoms with Crippen molar-refractivity contribution in [2.75, 3.05) is 9.62 Å². The SMILES string of the molecule is C[C@@H]1Cc2cc(C(=O)Nc3c(F)cccc3F)ccc2N1S(=O)(=O)c1ccccc1. The Bertz CT molecular complexity index is 1210. The van der Waals surface area contributed by atoms with Crippen LogP contribution in [0.5, 0.6) is 0 Å². The molecule has 0 saturated heterocycles. The molecule has 1 amide bonds. The molecule has 0 radical (unpaired) electrons. The zero-order chi connectivity index (χ0) is 21.5. The normalized spacial score (nSPS) is 15.7. The molecule has 3 aromatic carbocycles. The van der Waals surface area contributed by atoms with Crippen LogP contribution in [0.15, 0.2) is 71.6 Å². The Morgan fingerprint density at radius 1 is 1.00 bits per heavy atom. The molecule has 5 nitrogen and oxygen atoms in total. The molecule has 0 spiro atoms. The van der Waals surface area contributed by atoms with Crippen molar-refractivity contribution < 1.29 is 22.0 Å². The molecule has 1 heterocycles. The van der Waals surface area contributed by atoms with Crippen LogP contribution < -0.4 is 9.62 Å².